The van der Waals surface area contributed by atoms with Crippen molar-refractivity contribution in [2.45, 2.75) is 32.2 Å². The summed E-state index contributed by atoms with van der Waals surface area (Å²) in [5.74, 6) is -1.34. The standard InChI is InChI=1S/C20H20FNO3/c1-13(15-3-2-4-18(21)11-15)9-19(23)22-8-7-14-5-6-16(20(24)25)10-17(14)12-22/h2-6,10-11,13H,7-9,12H2,1H3,(H,24,25). The second-order valence-electron chi connectivity index (χ2n) is 6.51. The van der Waals surface area contributed by atoms with Gasteiger partial charge in [0.15, 0.2) is 0 Å². The van der Waals surface area contributed by atoms with Gasteiger partial charge in [0.1, 0.15) is 5.82 Å². The second kappa shape index (κ2) is 7.05. The quantitative estimate of drug-likeness (QED) is 0.924. The fourth-order valence-corrected chi connectivity index (χ4v) is 3.22. The van der Waals surface area contributed by atoms with Crippen molar-refractivity contribution in [2.24, 2.45) is 0 Å². The van der Waals surface area contributed by atoms with E-state index in [2.05, 4.69) is 0 Å². The van der Waals surface area contributed by atoms with E-state index in [1.807, 2.05) is 19.1 Å². The summed E-state index contributed by atoms with van der Waals surface area (Å²) in [4.78, 5) is 25.5. The van der Waals surface area contributed by atoms with Gasteiger partial charge in [0, 0.05) is 19.5 Å². The van der Waals surface area contributed by atoms with Gasteiger partial charge in [0.25, 0.3) is 0 Å². The molecular formula is C20H20FNO3. The number of rotatable bonds is 4. The average molecular weight is 341 g/mol. The van der Waals surface area contributed by atoms with Crippen LogP contribution in [0.2, 0.25) is 0 Å². The normalized spacial score (nSPS) is 14.7. The molecule has 2 aromatic rings. The predicted molar refractivity (Wildman–Crippen MR) is 92.0 cm³/mol. The highest BCUT2D eigenvalue weighted by Crippen LogP contribution is 2.25. The molecule has 1 unspecified atom stereocenters. The first-order valence-corrected chi connectivity index (χ1v) is 8.32. The minimum absolute atomic E-state index is 0.00291. The van der Waals surface area contributed by atoms with Crippen LogP contribution < -0.4 is 0 Å². The van der Waals surface area contributed by atoms with Crippen molar-refractivity contribution in [3.05, 3.63) is 70.5 Å². The molecule has 1 aliphatic heterocycles. The van der Waals surface area contributed by atoms with Gasteiger partial charge in [-0.15, -0.1) is 0 Å². The zero-order valence-corrected chi connectivity index (χ0v) is 14.0. The van der Waals surface area contributed by atoms with Crippen LogP contribution in [0.3, 0.4) is 0 Å². The fraction of sp³-hybridized carbons (Fsp3) is 0.300. The van der Waals surface area contributed by atoms with Crippen LogP contribution in [0.5, 0.6) is 0 Å². The molecule has 0 radical (unpaired) electrons. The maximum Gasteiger partial charge on any atom is 0.335 e. The van der Waals surface area contributed by atoms with Gasteiger partial charge in [-0.1, -0.05) is 25.1 Å². The van der Waals surface area contributed by atoms with E-state index in [9.17, 15) is 14.0 Å². The molecule has 0 spiro atoms. The molecule has 4 nitrogen and oxygen atoms in total. The lowest BCUT2D eigenvalue weighted by atomic mass is 9.94. The van der Waals surface area contributed by atoms with Gasteiger partial charge in [0.2, 0.25) is 5.91 Å². The lowest BCUT2D eigenvalue weighted by Gasteiger charge is -2.30. The number of carbonyl (C=O) groups is 2. The Morgan fingerprint density at radius 1 is 1.20 bits per heavy atom. The molecule has 0 aliphatic carbocycles. The third-order valence-corrected chi connectivity index (χ3v) is 4.72. The number of hydrogen-bond donors (Lipinski definition) is 1. The highest BCUT2D eigenvalue weighted by molar-refractivity contribution is 5.88. The first-order valence-electron chi connectivity index (χ1n) is 8.32. The number of fused-ring (bicyclic) bond motifs is 1. The zero-order valence-electron chi connectivity index (χ0n) is 14.0. The summed E-state index contributed by atoms with van der Waals surface area (Å²) in [7, 11) is 0. The Balaban J connectivity index is 1.69. The first-order chi connectivity index (χ1) is 11.9. The molecular weight excluding hydrogens is 321 g/mol. The van der Waals surface area contributed by atoms with Crippen molar-refractivity contribution in [3.8, 4) is 0 Å². The van der Waals surface area contributed by atoms with Crippen molar-refractivity contribution < 1.29 is 19.1 Å². The van der Waals surface area contributed by atoms with Gasteiger partial charge in [0.05, 0.1) is 5.56 Å². The number of carboxylic acids is 1. The van der Waals surface area contributed by atoms with E-state index in [-0.39, 0.29) is 23.2 Å². The van der Waals surface area contributed by atoms with Crippen LogP contribution in [0.25, 0.3) is 0 Å². The minimum atomic E-state index is -0.967. The van der Waals surface area contributed by atoms with E-state index in [1.165, 1.54) is 12.1 Å². The molecule has 2 aromatic carbocycles. The summed E-state index contributed by atoms with van der Waals surface area (Å²) in [6, 6.07) is 11.4. The lowest BCUT2D eigenvalue weighted by molar-refractivity contribution is -0.132. The van der Waals surface area contributed by atoms with Gasteiger partial charge in [-0.25, -0.2) is 9.18 Å². The van der Waals surface area contributed by atoms with E-state index in [4.69, 9.17) is 5.11 Å². The molecule has 1 aliphatic rings. The Hall–Kier alpha value is -2.69. The van der Waals surface area contributed by atoms with E-state index in [0.29, 0.717) is 19.5 Å². The largest absolute Gasteiger partial charge is 0.478 e. The Kier molecular flexibility index (Phi) is 4.83. The Labute approximate surface area is 145 Å². The number of benzene rings is 2. The van der Waals surface area contributed by atoms with Crippen LogP contribution in [-0.4, -0.2) is 28.4 Å². The molecule has 0 saturated heterocycles. The minimum Gasteiger partial charge on any atom is -0.478 e. The number of amides is 1. The molecule has 1 N–H and O–H groups in total. The van der Waals surface area contributed by atoms with Crippen molar-refractivity contribution in [3.63, 3.8) is 0 Å². The fourth-order valence-electron chi connectivity index (χ4n) is 3.22. The summed E-state index contributed by atoms with van der Waals surface area (Å²) in [6.45, 7) is 2.95. The topological polar surface area (TPSA) is 57.6 Å². The van der Waals surface area contributed by atoms with Crippen molar-refractivity contribution in [1.29, 1.82) is 0 Å². The Morgan fingerprint density at radius 2 is 2.00 bits per heavy atom. The van der Waals surface area contributed by atoms with E-state index in [1.54, 1.807) is 23.1 Å². The van der Waals surface area contributed by atoms with Gasteiger partial charge in [-0.3, -0.25) is 4.79 Å². The van der Waals surface area contributed by atoms with Crippen LogP contribution >= 0.6 is 0 Å². The van der Waals surface area contributed by atoms with Crippen LogP contribution in [-0.2, 0) is 17.8 Å². The molecule has 0 aromatic heterocycles. The summed E-state index contributed by atoms with van der Waals surface area (Å²) < 4.78 is 13.3. The molecule has 0 bridgehead atoms. The van der Waals surface area contributed by atoms with Gasteiger partial charge < -0.3 is 10.0 Å². The maximum absolute atomic E-state index is 13.3. The Bertz CT molecular complexity index is 818. The molecule has 3 rings (SSSR count). The summed E-state index contributed by atoms with van der Waals surface area (Å²) in [5, 5.41) is 9.12. The summed E-state index contributed by atoms with van der Waals surface area (Å²) in [5.41, 5.74) is 3.02. The molecule has 25 heavy (non-hydrogen) atoms. The molecule has 130 valence electrons. The van der Waals surface area contributed by atoms with E-state index >= 15 is 0 Å². The smallest absolute Gasteiger partial charge is 0.335 e. The number of aromatic carboxylic acids is 1. The van der Waals surface area contributed by atoms with Crippen molar-refractivity contribution >= 4 is 11.9 Å². The van der Waals surface area contributed by atoms with Crippen LogP contribution in [0.1, 0.15) is 46.3 Å². The molecule has 0 fully saturated rings. The third kappa shape index (κ3) is 3.87. The highest BCUT2D eigenvalue weighted by Gasteiger charge is 2.23. The molecule has 5 heteroatoms. The van der Waals surface area contributed by atoms with E-state index in [0.717, 1.165) is 23.1 Å². The van der Waals surface area contributed by atoms with Gasteiger partial charge in [-0.05, 0) is 53.3 Å². The van der Waals surface area contributed by atoms with Crippen molar-refractivity contribution in [2.75, 3.05) is 6.54 Å². The van der Waals surface area contributed by atoms with Crippen LogP contribution in [0.4, 0.5) is 4.39 Å². The molecule has 1 atom stereocenters. The molecule has 1 amide bonds. The number of carbonyl (C=O) groups excluding carboxylic acids is 1. The second-order valence-corrected chi connectivity index (χ2v) is 6.51. The predicted octanol–water partition coefficient (Wildman–Crippen LogP) is 3.60. The van der Waals surface area contributed by atoms with Gasteiger partial charge >= 0.3 is 5.97 Å². The first kappa shape index (κ1) is 17.1. The molecule has 1 heterocycles. The summed E-state index contributed by atoms with van der Waals surface area (Å²) >= 11 is 0. The van der Waals surface area contributed by atoms with Gasteiger partial charge in [-0.2, -0.15) is 0 Å². The maximum atomic E-state index is 13.3. The van der Waals surface area contributed by atoms with Crippen LogP contribution in [0, 0.1) is 5.82 Å². The third-order valence-electron chi connectivity index (χ3n) is 4.72. The summed E-state index contributed by atoms with van der Waals surface area (Å²) in [6.07, 6.45) is 1.02. The Morgan fingerprint density at radius 3 is 2.72 bits per heavy atom. The number of nitrogens with zero attached hydrogens (tertiary/aromatic N) is 1. The number of halogens is 1. The average Bonchev–Trinajstić information content (AvgIpc) is 2.60. The number of hydrogen-bond acceptors (Lipinski definition) is 2. The molecule has 0 saturated carbocycles. The van der Waals surface area contributed by atoms with Crippen LogP contribution in [0.15, 0.2) is 42.5 Å². The van der Waals surface area contributed by atoms with Crippen molar-refractivity contribution in [1.82, 2.24) is 4.90 Å². The SMILES string of the molecule is CC(CC(=O)N1CCc2ccc(C(=O)O)cc2C1)c1cccc(F)c1. The highest BCUT2D eigenvalue weighted by atomic mass is 19.1. The zero-order chi connectivity index (χ0) is 18.0. The lowest BCUT2D eigenvalue weighted by Crippen LogP contribution is -2.36. The number of carboxylic acid groups (broad SMARTS) is 1. The van der Waals surface area contributed by atoms with E-state index < -0.39 is 5.97 Å². The monoisotopic (exact) mass is 341 g/mol.